The van der Waals surface area contributed by atoms with Gasteiger partial charge in [-0.1, -0.05) is 56.7 Å². The maximum Gasteiger partial charge on any atom is 0.0137 e. The van der Waals surface area contributed by atoms with Crippen LogP contribution in [-0.4, -0.2) is 6.54 Å². The summed E-state index contributed by atoms with van der Waals surface area (Å²) in [6.07, 6.45) is 3.30. The lowest BCUT2D eigenvalue weighted by molar-refractivity contribution is 0.506. The molecule has 0 aromatic heterocycles. The molecule has 0 unspecified atom stereocenters. The van der Waals surface area contributed by atoms with Crippen LogP contribution in [0.1, 0.15) is 45.2 Å². The van der Waals surface area contributed by atoms with Crippen molar-refractivity contribution in [2.24, 2.45) is 5.73 Å². The predicted molar refractivity (Wildman–Crippen MR) is 72.5 cm³/mol. The van der Waals surface area contributed by atoms with Gasteiger partial charge in [0.15, 0.2) is 0 Å². The zero-order valence-corrected chi connectivity index (χ0v) is 10.9. The molecule has 1 aromatic rings. The summed E-state index contributed by atoms with van der Waals surface area (Å²) in [6, 6.07) is 8.79. The van der Waals surface area contributed by atoms with Gasteiger partial charge in [-0.25, -0.2) is 0 Å². The van der Waals surface area contributed by atoms with E-state index in [1.807, 2.05) is 0 Å². The minimum atomic E-state index is 0.269. The Morgan fingerprint density at radius 2 is 1.81 bits per heavy atom. The van der Waals surface area contributed by atoms with E-state index in [0.29, 0.717) is 6.54 Å². The third-order valence-electron chi connectivity index (χ3n) is 3.31. The molecule has 1 nitrogen and oxygen atoms in total. The van der Waals surface area contributed by atoms with Crippen molar-refractivity contribution < 1.29 is 0 Å². The Bertz CT molecular complexity index is 358. The quantitative estimate of drug-likeness (QED) is 0.817. The van der Waals surface area contributed by atoms with Crippen LogP contribution in [0.5, 0.6) is 0 Å². The van der Waals surface area contributed by atoms with Crippen molar-refractivity contribution in [1.29, 1.82) is 0 Å². The molecule has 0 saturated heterocycles. The van der Waals surface area contributed by atoms with Crippen LogP contribution in [0.3, 0.4) is 0 Å². The molecule has 0 atom stereocenters. The number of hydrogen-bond donors (Lipinski definition) is 1. The number of hydrogen-bond acceptors (Lipinski definition) is 1. The topological polar surface area (TPSA) is 26.0 Å². The van der Waals surface area contributed by atoms with Crippen molar-refractivity contribution in [3.63, 3.8) is 0 Å². The van der Waals surface area contributed by atoms with Crippen LogP contribution < -0.4 is 5.73 Å². The second-order valence-corrected chi connectivity index (χ2v) is 5.05. The molecular weight excluding hydrogens is 194 g/mol. The van der Waals surface area contributed by atoms with Crippen LogP contribution in [0.15, 0.2) is 29.8 Å². The SMILES string of the molecule is CCC(C)(C)c1ccc(/C=C(\C)CN)cc1. The molecule has 0 aliphatic carbocycles. The molecule has 16 heavy (non-hydrogen) atoms. The zero-order chi connectivity index (χ0) is 12.2. The fraction of sp³-hybridized carbons (Fsp3) is 0.467. The molecule has 0 heterocycles. The highest BCUT2D eigenvalue weighted by Crippen LogP contribution is 2.26. The molecule has 0 aliphatic rings. The summed E-state index contributed by atoms with van der Waals surface area (Å²) in [5.41, 5.74) is 9.69. The van der Waals surface area contributed by atoms with Gasteiger partial charge in [0, 0.05) is 6.54 Å². The van der Waals surface area contributed by atoms with Crippen molar-refractivity contribution in [2.45, 2.75) is 39.5 Å². The number of rotatable bonds is 4. The minimum Gasteiger partial charge on any atom is -0.327 e. The first-order chi connectivity index (χ1) is 7.49. The fourth-order valence-electron chi connectivity index (χ4n) is 1.58. The molecule has 0 fully saturated rings. The molecule has 0 radical (unpaired) electrons. The van der Waals surface area contributed by atoms with E-state index in [4.69, 9.17) is 5.73 Å². The van der Waals surface area contributed by atoms with Gasteiger partial charge in [-0.05, 0) is 29.9 Å². The molecule has 1 heteroatoms. The van der Waals surface area contributed by atoms with Crippen molar-refractivity contribution in [2.75, 3.05) is 6.54 Å². The Labute approximate surface area is 99.4 Å². The Kier molecular flexibility index (Phi) is 4.31. The van der Waals surface area contributed by atoms with Gasteiger partial charge in [-0.3, -0.25) is 0 Å². The lowest BCUT2D eigenvalue weighted by Crippen LogP contribution is -2.14. The minimum absolute atomic E-state index is 0.269. The van der Waals surface area contributed by atoms with Gasteiger partial charge in [0.05, 0.1) is 0 Å². The molecule has 0 saturated carbocycles. The van der Waals surface area contributed by atoms with E-state index < -0.39 is 0 Å². The van der Waals surface area contributed by atoms with Crippen LogP contribution in [0.2, 0.25) is 0 Å². The Morgan fingerprint density at radius 1 is 1.25 bits per heavy atom. The van der Waals surface area contributed by atoms with Crippen LogP contribution in [0.25, 0.3) is 6.08 Å². The largest absolute Gasteiger partial charge is 0.327 e. The third-order valence-corrected chi connectivity index (χ3v) is 3.31. The maximum absolute atomic E-state index is 5.57. The van der Waals surface area contributed by atoms with Crippen LogP contribution in [-0.2, 0) is 5.41 Å². The Balaban J connectivity index is 2.92. The highest BCUT2D eigenvalue weighted by Gasteiger charge is 2.16. The van der Waals surface area contributed by atoms with Crippen LogP contribution >= 0.6 is 0 Å². The van der Waals surface area contributed by atoms with Gasteiger partial charge in [0.1, 0.15) is 0 Å². The van der Waals surface area contributed by atoms with E-state index in [1.54, 1.807) is 0 Å². The van der Waals surface area contributed by atoms with Gasteiger partial charge in [-0.2, -0.15) is 0 Å². The summed E-state index contributed by atoms with van der Waals surface area (Å²) >= 11 is 0. The average Bonchev–Trinajstić information content (AvgIpc) is 2.29. The predicted octanol–water partition coefficient (Wildman–Crippen LogP) is 3.74. The van der Waals surface area contributed by atoms with E-state index in [9.17, 15) is 0 Å². The molecule has 1 aromatic carbocycles. The fourth-order valence-corrected chi connectivity index (χ4v) is 1.58. The number of benzene rings is 1. The Morgan fingerprint density at radius 3 is 2.25 bits per heavy atom. The lowest BCUT2D eigenvalue weighted by Gasteiger charge is -2.23. The maximum atomic E-state index is 5.57. The van der Waals surface area contributed by atoms with Crippen molar-refractivity contribution in [1.82, 2.24) is 0 Å². The first-order valence-electron chi connectivity index (χ1n) is 5.97. The second kappa shape index (κ2) is 5.31. The normalized spacial score (nSPS) is 12.9. The van der Waals surface area contributed by atoms with Gasteiger partial charge < -0.3 is 5.73 Å². The molecule has 1 rings (SSSR count). The first-order valence-corrected chi connectivity index (χ1v) is 5.97. The average molecular weight is 217 g/mol. The van der Waals surface area contributed by atoms with Crippen molar-refractivity contribution in [3.05, 3.63) is 41.0 Å². The van der Waals surface area contributed by atoms with E-state index in [1.165, 1.54) is 16.7 Å². The van der Waals surface area contributed by atoms with E-state index >= 15 is 0 Å². The second-order valence-electron chi connectivity index (χ2n) is 5.05. The monoisotopic (exact) mass is 217 g/mol. The lowest BCUT2D eigenvalue weighted by atomic mass is 9.82. The third kappa shape index (κ3) is 3.21. The van der Waals surface area contributed by atoms with Gasteiger partial charge in [-0.15, -0.1) is 0 Å². The van der Waals surface area contributed by atoms with E-state index in [2.05, 4.69) is 58.0 Å². The molecule has 0 amide bonds. The summed E-state index contributed by atoms with van der Waals surface area (Å²) in [6.45, 7) is 9.48. The summed E-state index contributed by atoms with van der Waals surface area (Å²) in [5.74, 6) is 0. The van der Waals surface area contributed by atoms with Crippen LogP contribution in [0, 0.1) is 0 Å². The zero-order valence-electron chi connectivity index (χ0n) is 10.9. The van der Waals surface area contributed by atoms with Gasteiger partial charge >= 0.3 is 0 Å². The van der Waals surface area contributed by atoms with E-state index in [-0.39, 0.29) is 5.41 Å². The summed E-state index contributed by atoms with van der Waals surface area (Å²) in [4.78, 5) is 0. The highest BCUT2D eigenvalue weighted by molar-refractivity contribution is 5.53. The number of nitrogens with two attached hydrogens (primary N) is 1. The molecule has 88 valence electrons. The Hall–Kier alpha value is -1.08. The summed E-state index contributed by atoms with van der Waals surface area (Å²) in [7, 11) is 0. The molecular formula is C15H23N. The first kappa shape index (κ1) is 13.0. The van der Waals surface area contributed by atoms with Gasteiger partial charge in [0.25, 0.3) is 0 Å². The molecule has 2 N–H and O–H groups in total. The molecule has 0 bridgehead atoms. The smallest absolute Gasteiger partial charge is 0.0137 e. The summed E-state index contributed by atoms with van der Waals surface area (Å²) < 4.78 is 0. The molecule has 0 aliphatic heterocycles. The molecule has 0 spiro atoms. The van der Waals surface area contributed by atoms with Crippen LogP contribution in [0.4, 0.5) is 0 Å². The van der Waals surface area contributed by atoms with Crippen molar-refractivity contribution >= 4 is 6.08 Å². The standard InChI is InChI=1S/C15H23N/c1-5-15(3,4)14-8-6-13(7-9-14)10-12(2)11-16/h6-10H,5,11,16H2,1-4H3/b12-10+. The van der Waals surface area contributed by atoms with E-state index in [0.717, 1.165) is 6.42 Å². The summed E-state index contributed by atoms with van der Waals surface area (Å²) in [5, 5.41) is 0. The van der Waals surface area contributed by atoms with Gasteiger partial charge in [0.2, 0.25) is 0 Å². The highest BCUT2D eigenvalue weighted by atomic mass is 14.5. The van der Waals surface area contributed by atoms with Crippen molar-refractivity contribution in [3.8, 4) is 0 Å².